The molecular formula is C22H25NO3. The second-order valence-electron chi connectivity index (χ2n) is 6.80. The third-order valence-electron chi connectivity index (χ3n) is 4.60. The summed E-state index contributed by atoms with van der Waals surface area (Å²) in [6.45, 7) is 5.00. The summed E-state index contributed by atoms with van der Waals surface area (Å²) in [5, 5.41) is 3.94. The fourth-order valence-corrected chi connectivity index (χ4v) is 2.98. The van der Waals surface area contributed by atoms with Gasteiger partial charge in [-0.2, -0.15) is 0 Å². The summed E-state index contributed by atoms with van der Waals surface area (Å²) >= 11 is 0. The summed E-state index contributed by atoms with van der Waals surface area (Å²) in [4.78, 5) is 12.2. The van der Waals surface area contributed by atoms with Gasteiger partial charge < -0.3 is 14.5 Å². The van der Waals surface area contributed by atoms with E-state index in [9.17, 15) is 4.79 Å². The molecule has 3 aromatic rings. The first kappa shape index (κ1) is 18.1. The number of methoxy groups -OCH3 is 1. The second-order valence-corrected chi connectivity index (χ2v) is 6.80. The summed E-state index contributed by atoms with van der Waals surface area (Å²) < 4.78 is 10.7. The summed E-state index contributed by atoms with van der Waals surface area (Å²) in [5.41, 5.74) is 4.19. The van der Waals surface area contributed by atoms with Crippen molar-refractivity contribution < 1.29 is 13.9 Å². The second kappa shape index (κ2) is 8.09. The number of carbonyl (C=O) groups excluding carboxylic acids is 1. The number of hydrogen-bond acceptors (Lipinski definition) is 3. The lowest BCUT2D eigenvalue weighted by Crippen LogP contribution is -2.27. The van der Waals surface area contributed by atoms with Crippen LogP contribution in [0, 0.1) is 0 Å². The van der Waals surface area contributed by atoms with E-state index in [1.165, 1.54) is 11.1 Å². The van der Waals surface area contributed by atoms with Crippen molar-refractivity contribution in [3.63, 3.8) is 0 Å². The van der Waals surface area contributed by atoms with Gasteiger partial charge in [0.15, 0.2) is 0 Å². The van der Waals surface area contributed by atoms with Gasteiger partial charge in [0.05, 0.1) is 19.8 Å². The van der Waals surface area contributed by atoms with E-state index >= 15 is 0 Å². The Morgan fingerprint density at radius 1 is 1.15 bits per heavy atom. The molecule has 0 bridgehead atoms. The molecule has 4 heteroatoms. The molecule has 0 radical (unpaired) electrons. The molecule has 4 nitrogen and oxygen atoms in total. The number of carbonyl (C=O) groups is 1. The maximum atomic E-state index is 12.2. The van der Waals surface area contributed by atoms with Gasteiger partial charge in [-0.15, -0.1) is 0 Å². The third kappa shape index (κ3) is 4.26. The maximum Gasteiger partial charge on any atom is 0.224 e. The van der Waals surface area contributed by atoms with Crippen LogP contribution in [-0.2, 0) is 17.6 Å². The van der Waals surface area contributed by atoms with Gasteiger partial charge in [0, 0.05) is 23.6 Å². The number of nitrogens with one attached hydrogen (secondary N) is 1. The Balaban J connectivity index is 1.53. The minimum Gasteiger partial charge on any atom is -0.497 e. The van der Waals surface area contributed by atoms with Crippen molar-refractivity contribution in [3.8, 4) is 5.75 Å². The molecule has 1 amide bonds. The van der Waals surface area contributed by atoms with Crippen LogP contribution in [0.15, 0.2) is 53.1 Å². The number of benzene rings is 2. The van der Waals surface area contributed by atoms with Crippen molar-refractivity contribution in [3.05, 3.63) is 65.4 Å². The number of furan rings is 1. The SMILES string of the molecule is COc1ccc2c(CC(=O)NCCc3ccc(C(C)C)cc3)coc2c1. The summed E-state index contributed by atoms with van der Waals surface area (Å²) in [6, 6.07) is 14.2. The molecule has 0 atom stereocenters. The Kier molecular flexibility index (Phi) is 5.61. The first-order valence-electron chi connectivity index (χ1n) is 8.96. The highest BCUT2D eigenvalue weighted by Gasteiger charge is 2.11. The molecule has 0 saturated carbocycles. The van der Waals surface area contributed by atoms with Crippen molar-refractivity contribution in [2.24, 2.45) is 0 Å². The highest BCUT2D eigenvalue weighted by molar-refractivity contribution is 5.88. The normalized spacial score (nSPS) is 11.1. The van der Waals surface area contributed by atoms with Crippen molar-refractivity contribution >= 4 is 16.9 Å². The van der Waals surface area contributed by atoms with Gasteiger partial charge in [-0.25, -0.2) is 0 Å². The van der Waals surface area contributed by atoms with Gasteiger partial charge in [0.25, 0.3) is 0 Å². The number of fused-ring (bicyclic) bond motifs is 1. The lowest BCUT2D eigenvalue weighted by Gasteiger charge is -2.08. The Morgan fingerprint density at radius 3 is 2.62 bits per heavy atom. The minimum atomic E-state index is 0.00215. The molecule has 1 aromatic heterocycles. The lowest BCUT2D eigenvalue weighted by atomic mass is 10.0. The molecule has 0 aliphatic rings. The van der Waals surface area contributed by atoms with Gasteiger partial charge in [-0.05, 0) is 35.6 Å². The smallest absolute Gasteiger partial charge is 0.224 e. The fraction of sp³-hybridized carbons (Fsp3) is 0.318. The van der Waals surface area contributed by atoms with Crippen molar-refractivity contribution in [1.82, 2.24) is 5.32 Å². The van der Waals surface area contributed by atoms with Crippen LogP contribution in [0.25, 0.3) is 11.0 Å². The quantitative estimate of drug-likeness (QED) is 0.683. The summed E-state index contributed by atoms with van der Waals surface area (Å²) in [6.07, 6.45) is 2.79. The van der Waals surface area contributed by atoms with Crippen LogP contribution in [0.1, 0.15) is 36.5 Å². The molecule has 0 aliphatic carbocycles. The topological polar surface area (TPSA) is 51.5 Å². The van der Waals surface area contributed by atoms with E-state index in [1.807, 2.05) is 18.2 Å². The first-order chi connectivity index (χ1) is 12.6. The van der Waals surface area contributed by atoms with Gasteiger partial charge in [-0.3, -0.25) is 4.79 Å². The van der Waals surface area contributed by atoms with Crippen LogP contribution in [0.3, 0.4) is 0 Å². The Hall–Kier alpha value is -2.75. The van der Waals surface area contributed by atoms with Gasteiger partial charge in [0.1, 0.15) is 11.3 Å². The average Bonchev–Trinajstić information content (AvgIpc) is 3.04. The van der Waals surface area contributed by atoms with Crippen molar-refractivity contribution in [2.45, 2.75) is 32.6 Å². The molecule has 0 aliphatic heterocycles. The molecule has 0 saturated heterocycles. The minimum absolute atomic E-state index is 0.00215. The molecule has 136 valence electrons. The van der Waals surface area contributed by atoms with Crippen LogP contribution in [-0.4, -0.2) is 19.6 Å². The molecule has 3 rings (SSSR count). The fourth-order valence-electron chi connectivity index (χ4n) is 2.98. The Morgan fingerprint density at radius 2 is 1.92 bits per heavy atom. The molecule has 0 spiro atoms. The van der Waals surface area contributed by atoms with Crippen LogP contribution in [0.5, 0.6) is 5.75 Å². The molecule has 26 heavy (non-hydrogen) atoms. The molecule has 1 heterocycles. The zero-order chi connectivity index (χ0) is 18.5. The van der Waals surface area contributed by atoms with E-state index in [2.05, 4.69) is 43.4 Å². The predicted molar refractivity (Wildman–Crippen MR) is 104 cm³/mol. The van der Waals surface area contributed by atoms with E-state index in [0.29, 0.717) is 18.9 Å². The number of hydrogen-bond donors (Lipinski definition) is 1. The van der Waals surface area contributed by atoms with Gasteiger partial charge >= 0.3 is 0 Å². The summed E-state index contributed by atoms with van der Waals surface area (Å²) in [5.74, 6) is 1.28. The largest absolute Gasteiger partial charge is 0.497 e. The van der Waals surface area contributed by atoms with Crippen molar-refractivity contribution in [1.29, 1.82) is 0 Å². The van der Waals surface area contributed by atoms with E-state index in [-0.39, 0.29) is 5.91 Å². The number of rotatable bonds is 7. The van der Waals surface area contributed by atoms with Crippen LogP contribution >= 0.6 is 0 Å². The molecular weight excluding hydrogens is 326 g/mol. The van der Waals surface area contributed by atoms with Crippen LogP contribution < -0.4 is 10.1 Å². The highest BCUT2D eigenvalue weighted by Crippen LogP contribution is 2.25. The van der Waals surface area contributed by atoms with Gasteiger partial charge in [-0.1, -0.05) is 38.1 Å². The van der Waals surface area contributed by atoms with E-state index in [1.54, 1.807) is 13.4 Å². The first-order valence-corrected chi connectivity index (χ1v) is 8.96. The Labute approximate surface area is 154 Å². The zero-order valence-electron chi connectivity index (χ0n) is 15.5. The van der Waals surface area contributed by atoms with Crippen LogP contribution in [0.2, 0.25) is 0 Å². The standard InChI is InChI=1S/C22H25NO3/c1-15(2)17-6-4-16(5-7-17)10-11-23-22(24)12-18-14-26-21-13-19(25-3)8-9-20(18)21/h4-9,13-15H,10-12H2,1-3H3,(H,23,24). The average molecular weight is 351 g/mol. The Bertz CT molecular complexity index is 878. The van der Waals surface area contributed by atoms with E-state index in [0.717, 1.165) is 28.7 Å². The third-order valence-corrected chi connectivity index (χ3v) is 4.60. The maximum absolute atomic E-state index is 12.2. The zero-order valence-corrected chi connectivity index (χ0v) is 15.5. The molecule has 0 unspecified atom stereocenters. The van der Waals surface area contributed by atoms with E-state index in [4.69, 9.17) is 9.15 Å². The number of ether oxygens (including phenoxy) is 1. The molecule has 0 fully saturated rings. The van der Waals surface area contributed by atoms with Gasteiger partial charge in [0.2, 0.25) is 5.91 Å². The summed E-state index contributed by atoms with van der Waals surface area (Å²) in [7, 11) is 1.62. The highest BCUT2D eigenvalue weighted by atomic mass is 16.5. The van der Waals surface area contributed by atoms with Crippen molar-refractivity contribution in [2.75, 3.05) is 13.7 Å². The molecule has 1 N–H and O–H groups in total. The lowest BCUT2D eigenvalue weighted by molar-refractivity contribution is -0.120. The van der Waals surface area contributed by atoms with Crippen LogP contribution in [0.4, 0.5) is 0 Å². The predicted octanol–water partition coefficient (Wildman–Crippen LogP) is 4.47. The number of amides is 1. The van der Waals surface area contributed by atoms with E-state index < -0.39 is 0 Å². The molecule has 2 aromatic carbocycles. The monoisotopic (exact) mass is 351 g/mol.